The molecule has 0 bridgehead atoms. The molecule has 1 aliphatic heterocycles. The second-order valence-electron chi connectivity index (χ2n) is 6.87. The number of carbonyl (C=O) groups excluding carboxylic acids is 2. The highest BCUT2D eigenvalue weighted by Gasteiger charge is 2.25. The van der Waals surface area contributed by atoms with Crippen LogP contribution in [-0.4, -0.2) is 47.8 Å². The highest BCUT2D eigenvalue weighted by Crippen LogP contribution is 2.16. The summed E-state index contributed by atoms with van der Waals surface area (Å²) in [5, 5.41) is 9.28. The van der Waals surface area contributed by atoms with Gasteiger partial charge in [-0.25, -0.2) is 4.79 Å². The van der Waals surface area contributed by atoms with Crippen LogP contribution in [0.2, 0.25) is 0 Å². The fraction of sp³-hybridized carbons (Fsp3) is 0.450. The Balaban J connectivity index is 1.66. The lowest BCUT2D eigenvalue weighted by Crippen LogP contribution is -2.44. The van der Waals surface area contributed by atoms with Crippen LogP contribution < -0.4 is 10.6 Å². The number of aromatic nitrogens is 1. The van der Waals surface area contributed by atoms with Gasteiger partial charge in [-0.1, -0.05) is 24.2 Å². The number of amides is 3. The molecule has 0 spiro atoms. The first-order valence-electron chi connectivity index (χ1n) is 9.53. The molecule has 0 radical (unpaired) electrons. The Morgan fingerprint density at radius 3 is 2.82 bits per heavy atom. The fourth-order valence-corrected chi connectivity index (χ4v) is 3.11. The van der Waals surface area contributed by atoms with Crippen molar-refractivity contribution in [3.05, 3.63) is 41.7 Å². The van der Waals surface area contributed by atoms with Crippen molar-refractivity contribution in [2.45, 2.75) is 39.2 Å². The van der Waals surface area contributed by atoms with Gasteiger partial charge in [0.25, 0.3) is 0 Å². The van der Waals surface area contributed by atoms with Gasteiger partial charge < -0.3 is 24.8 Å². The molecule has 8 nitrogen and oxygen atoms in total. The SMILES string of the molecule is CCc1cccc(NC(=O)N(CC(=O)Nc2cc(C)on2)C[C@H]2CCCO2)c1. The minimum atomic E-state index is -0.344. The van der Waals surface area contributed by atoms with E-state index < -0.39 is 0 Å². The number of benzene rings is 1. The molecule has 0 unspecified atom stereocenters. The topological polar surface area (TPSA) is 96.7 Å². The zero-order valence-corrected chi connectivity index (χ0v) is 16.2. The van der Waals surface area contributed by atoms with Crippen LogP contribution in [0.3, 0.4) is 0 Å². The lowest BCUT2D eigenvalue weighted by molar-refractivity contribution is -0.117. The average Bonchev–Trinajstić information content (AvgIpc) is 3.33. The van der Waals surface area contributed by atoms with Crippen LogP contribution in [0, 0.1) is 6.92 Å². The maximum Gasteiger partial charge on any atom is 0.322 e. The third-order valence-corrected chi connectivity index (χ3v) is 4.55. The molecule has 1 fully saturated rings. The number of nitrogens with zero attached hydrogens (tertiary/aromatic N) is 2. The highest BCUT2D eigenvalue weighted by molar-refractivity contribution is 5.96. The van der Waals surface area contributed by atoms with E-state index in [4.69, 9.17) is 9.26 Å². The Labute approximate surface area is 164 Å². The molecule has 1 aromatic carbocycles. The third kappa shape index (κ3) is 5.56. The fourth-order valence-electron chi connectivity index (χ4n) is 3.11. The Morgan fingerprint density at radius 1 is 1.29 bits per heavy atom. The van der Waals surface area contributed by atoms with Gasteiger partial charge in [0.2, 0.25) is 5.91 Å². The van der Waals surface area contributed by atoms with Gasteiger partial charge >= 0.3 is 6.03 Å². The summed E-state index contributed by atoms with van der Waals surface area (Å²) < 4.78 is 10.6. The second kappa shape index (κ2) is 9.36. The standard InChI is InChI=1S/C20H26N4O4/c1-3-15-6-4-7-16(11-15)21-20(26)24(12-17-8-5-9-27-17)13-19(25)22-18-10-14(2)28-23-18/h4,6-7,10-11,17H,3,5,8-9,12-13H2,1-2H3,(H,21,26)(H,22,23,25)/t17-/m1/s1. The molecule has 1 atom stereocenters. The predicted molar refractivity (Wildman–Crippen MR) is 105 cm³/mol. The molecule has 1 aromatic heterocycles. The van der Waals surface area contributed by atoms with Gasteiger partial charge in [-0.2, -0.15) is 0 Å². The molecular formula is C20H26N4O4. The van der Waals surface area contributed by atoms with Crippen molar-refractivity contribution < 1.29 is 18.8 Å². The van der Waals surface area contributed by atoms with Crippen molar-refractivity contribution in [3.63, 3.8) is 0 Å². The summed E-state index contributed by atoms with van der Waals surface area (Å²) in [6.45, 7) is 4.73. The van der Waals surface area contributed by atoms with Crippen molar-refractivity contribution in [1.82, 2.24) is 10.1 Å². The van der Waals surface area contributed by atoms with Crippen LogP contribution in [0.4, 0.5) is 16.3 Å². The molecule has 8 heteroatoms. The normalized spacial score (nSPS) is 16.0. The van der Waals surface area contributed by atoms with Crippen molar-refractivity contribution in [3.8, 4) is 0 Å². The van der Waals surface area contributed by atoms with Gasteiger partial charge in [0.15, 0.2) is 5.82 Å². The van der Waals surface area contributed by atoms with Crippen LogP contribution in [0.25, 0.3) is 0 Å². The first kappa shape index (κ1) is 19.9. The predicted octanol–water partition coefficient (Wildman–Crippen LogP) is 3.20. The Bertz CT molecular complexity index is 814. The molecule has 1 aliphatic rings. The van der Waals surface area contributed by atoms with Crippen molar-refractivity contribution >= 4 is 23.4 Å². The zero-order valence-electron chi connectivity index (χ0n) is 16.2. The number of anilines is 2. The van der Waals surface area contributed by atoms with Crippen LogP contribution >= 0.6 is 0 Å². The molecule has 2 N–H and O–H groups in total. The number of urea groups is 1. The number of ether oxygens (including phenoxy) is 1. The smallest absolute Gasteiger partial charge is 0.322 e. The lowest BCUT2D eigenvalue weighted by atomic mass is 10.1. The molecule has 0 aliphatic carbocycles. The number of carbonyl (C=O) groups is 2. The molecule has 3 amide bonds. The van der Waals surface area contributed by atoms with E-state index in [1.807, 2.05) is 24.3 Å². The number of nitrogens with one attached hydrogen (secondary N) is 2. The summed E-state index contributed by atoms with van der Waals surface area (Å²) in [5.41, 5.74) is 1.83. The van der Waals surface area contributed by atoms with Gasteiger partial charge in [0, 0.05) is 24.9 Å². The maximum absolute atomic E-state index is 12.8. The molecule has 1 saturated heterocycles. The van der Waals surface area contributed by atoms with Gasteiger partial charge in [-0.05, 0) is 43.9 Å². The van der Waals surface area contributed by atoms with Crippen LogP contribution in [-0.2, 0) is 16.0 Å². The molecule has 28 heavy (non-hydrogen) atoms. The molecule has 2 heterocycles. The monoisotopic (exact) mass is 386 g/mol. The van der Waals surface area contributed by atoms with E-state index in [-0.39, 0.29) is 24.6 Å². The van der Waals surface area contributed by atoms with E-state index in [1.54, 1.807) is 13.0 Å². The van der Waals surface area contributed by atoms with Crippen LogP contribution in [0.15, 0.2) is 34.9 Å². The summed E-state index contributed by atoms with van der Waals surface area (Å²) in [7, 11) is 0. The minimum absolute atomic E-state index is 0.0604. The molecule has 3 rings (SSSR count). The largest absolute Gasteiger partial charge is 0.376 e. The Kier molecular flexibility index (Phi) is 6.65. The van der Waals surface area contributed by atoms with Gasteiger partial charge in [0.05, 0.1) is 6.10 Å². The highest BCUT2D eigenvalue weighted by atomic mass is 16.5. The third-order valence-electron chi connectivity index (χ3n) is 4.55. The van der Waals surface area contributed by atoms with E-state index in [0.29, 0.717) is 30.4 Å². The maximum atomic E-state index is 12.8. The first-order valence-corrected chi connectivity index (χ1v) is 9.53. The average molecular weight is 386 g/mol. The molecule has 2 aromatic rings. The van der Waals surface area contributed by atoms with Gasteiger partial charge in [-0.15, -0.1) is 0 Å². The number of hydrogen-bond acceptors (Lipinski definition) is 5. The number of aryl methyl sites for hydroxylation is 2. The minimum Gasteiger partial charge on any atom is -0.376 e. The summed E-state index contributed by atoms with van der Waals surface area (Å²) in [6.07, 6.45) is 2.65. The van der Waals surface area contributed by atoms with E-state index >= 15 is 0 Å². The van der Waals surface area contributed by atoms with Gasteiger partial charge in [-0.3, -0.25) is 4.79 Å². The van der Waals surface area contributed by atoms with Crippen LogP contribution in [0.5, 0.6) is 0 Å². The van der Waals surface area contributed by atoms with E-state index in [2.05, 4.69) is 22.7 Å². The van der Waals surface area contributed by atoms with Crippen molar-refractivity contribution in [2.75, 3.05) is 30.3 Å². The lowest BCUT2D eigenvalue weighted by Gasteiger charge is -2.25. The van der Waals surface area contributed by atoms with Crippen molar-refractivity contribution in [2.24, 2.45) is 0 Å². The quantitative estimate of drug-likeness (QED) is 0.762. The summed E-state index contributed by atoms with van der Waals surface area (Å²) in [6, 6.07) is 8.96. The summed E-state index contributed by atoms with van der Waals surface area (Å²) in [4.78, 5) is 26.7. The Morgan fingerprint density at radius 2 is 2.14 bits per heavy atom. The number of rotatable bonds is 7. The summed E-state index contributed by atoms with van der Waals surface area (Å²) >= 11 is 0. The van der Waals surface area contributed by atoms with E-state index in [9.17, 15) is 9.59 Å². The second-order valence-corrected chi connectivity index (χ2v) is 6.87. The van der Waals surface area contributed by atoms with Crippen molar-refractivity contribution in [1.29, 1.82) is 0 Å². The number of hydrogen-bond donors (Lipinski definition) is 2. The van der Waals surface area contributed by atoms with Crippen LogP contribution in [0.1, 0.15) is 31.1 Å². The van der Waals surface area contributed by atoms with Gasteiger partial charge in [0.1, 0.15) is 12.3 Å². The zero-order chi connectivity index (χ0) is 19.9. The molecule has 0 saturated carbocycles. The van der Waals surface area contributed by atoms with E-state index in [0.717, 1.165) is 24.8 Å². The Hall–Kier alpha value is -2.87. The summed E-state index contributed by atoms with van der Waals surface area (Å²) in [5.74, 6) is 0.583. The first-order chi connectivity index (χ1) is 13.5. The van der Waals surface area contributed by atoms with E-state index in [1.165, 1.54) is 4.90 Å². The molecular weight excluding hydrogens is 360 g/mol. The molecule has 150 valence electrons.